The molecule has 0 amide bonds. The van der Waals surface area contributed by atoms with Crippen LogP contribution in [-0.4, -0.2) is 96.7 Å². The van der Waals surface area contributed by atoms with E-state index in [-0.39, 0.29) is 25.7 Å². The van der Waals surface area contributed by atoms with E-state index in [2.05, 4.69) is 55.4 Å². The lowest BCUT2D eigenvalue weighted by Crippen LogP contribution is -2.30. The Labute approximate surface area is 588 Å². The van der Waals surface area contributed by atoms with E-state index in [9.17, 15) is 43.2 Å². The molecule has 0 spiro atoms. The molecule has 0 fully saturated rings. The van der Waals surface area contributed by atoms with E-state index >= 15 is 0 Å². The Morgan fingerprint density at radius 1 is 0.292 bits per heavy atom. The van der Waals surface area contributed by atoms with Crippen LogP contribution in [-0.2, 0) is 65.4 Å². The molecule has 96 heavy (non-hydrogen) atoms. The summed E-state index contributed by atoms with van der Waals surface area (Å²) >= 11 is 0. The lowest BCUT2D eigenvalue weighted by Gasteiger charge is -2.21. The van der Waals surface area contributed by atoms with Gasteiger partial charge < -0.3 is 33.8 Å². The van der Waals surface area contributed by atoms with Crippen molar-refractivity contribution < 1.29 is 80.2 Å². The highest BCUT2D eigenvalue weighted by atomic mass is 31.2. The van der Waals surface area contributed by atoms with E-state index in [1.807, 2.05) is 0 Å². The molecule has 0 saturated heterocycles. The first kappa shape index (κ1) is 94.1. The molecule has 0 aromatic rings. The lowest BCUT2D eigenvalue weighted by atomic mass is 9.99. The van der Waals surface area contributed by atoms with Crippen molar-refractivity contribution in [3.63, 3.8) is 0 Å². The summed E-state index contributed by atoms with van der Waals surface area (Å²) < 4.78 is 68.5. The van der Waals surface area contributed by atoms with Gasteiger partial charge in [-0.25, -0.2) is 9.13 Å². The molecule has 5 unspecified atom stereocenters. The maximum absolute atomic E-state index is 13.1. The molecule has 17 nitrogen and oxygen atoms in total. The fourth-order valence-corrected chi connectivity index (χ4v) is 13.2. The van der Waals surface area contributed by atoms with E-state index in [1.54, 1.807) is 0 Å². The first-order chi connectivity index (χ1) is 46.2. The zero-order valence-corrected chi connectivity index (χ0v) is 64.8. The average Bonchev–Trinajstić information content (AvgIpc) is 3.49. The summed E-state index contributed by atoms with van der Waals surface area (Å²) in [5.41, 5.74) is 0. The van der Waals surface area contributed by atoms with E-state index in [4.69, 9.17) is 37.0 Å². The van der Waals surface area contributed by atoms with Crippen molar-refractivity contribution in [1.82, 2.24) is 0 Å². The molecule has 0 rings (SSSR count). The van der Waals surface area contributed by atoms with Crippen LogP contribution in [0, 0.1) is 23.7 Å². The zero-order valence-electron chi connectivity index (χ0n) is 63.0. The minimum absolute atomic E-state index is 0.105. The third kappa shape index (κ3) is 66.6. The number of carbonyl (C=O) groups excluding carboxylic acids is 4. The number of hydrogen-bond donors (Lipinski definition) is 3. The molecule has 0 aromatic carbocycles. The predicted octanol–water partition coefficient (Wildman–Crippen LogP) is 22.4. The van der Waals surface area contributed by atoms with E-state index in [1.165, 1.54) is 180 Å². The Hall–Kier alpha value is -1.94. The molecule has 0 heterocycles. The topological polar surface area (TPSA) is 237 Å². The third-order valence-electron chi connectivity index (χ3n) is 18.9. The quantitative estimate of drug-likeness (QED) is 0.0222. The largest absolute Gasteiger partial charge is 0.472 e. The number of ether oxygens (including phenoxy) is 4. The molecular formula is C77H150O17P2. The highest BCUT2D eigenvalue weighted by molar-refractivity contribution is 7.47. The van der Waals surface area contributed by atoms with Crippen molar-refractivity contribution in [1.29, 1.82) is 0 Å². The Kier molecular flexibility index (Phi) is 65.0. The first-order valence-corrected chi connectivity index (χ1v) is 42.8. The van der Waals surface area contributed by atoms with Gasteiger partial charge in [-0.1, -0.05) is 338 Å². The SMILES string of the molecule is CCC(C)CCCCCCCCCCCCCCCCCCCCC(=O)O[C@H](COC(=O)CCCCCCCCC(C)CC)COP(=O)(O)OC[C@H](O)COP(=O)(O)OC[C@@H](COC(=O)CCCCCCCCCC(C)C)OC(=O)CCCCCCCCCCCCC(C)CC. The van der Waals surface area contributed by atoms with Gasteiger partial charge in [0.15, 0.2) is 12.2 Å². The molecule has 0 saturated carbocycles. The Morgan fingerprint density at radius 3 is 0.740 bits per heavy atom. The first-order valence-electron chi connectivity index (χ1n) is 39.8. The fraction of sp³-hybridized carbons (Fsp3) is 0.948. The third-order valence-corrected chi connectivity index (χ3v) is 20.8. The normalized spacial score (nSPS) is 15.0. The van der Waals surface area contributed by atoms with Gasteiger partial charge in [-0.3, -0.25) is 37.3 Å². The second-order valence-electron chi connectivity index (χ2n) is 28.9. The molecule has 0 aliphatic heterocycles. The maximum Gasteiger partial charge on any atom is 0.472 e. The number of carbonyl (C=O) groups is 4. The van der Waals surface area contributed by atoms with Crippen LogP contribution in [0.5, 0.6) is 0 Å². The van der Waals surface area contributed by atoms with Crippen molar-refractivity contribution in [2.24, 2.45) is 23.7 Å². The molecule has 0 aromatic heterocycles. The maximum atomic E-state index is 13.1. The number of unbranched alkanes of at least 4 members (excludes halogenated alkanes) is 37. The summed E-state index contributed by atoms with van der Waals surface area (Å²) in [6, 6.07) is 0. The number of aliphatic hydroxyl groups is 1. The standard InChI is InChI=1S/C77H150O17P2/c1-9-68(6)54-46-38-30-24-20-18-16-14-12-13-15-17-19-21-26-32-43-51-59-76(81)94-73(64-88-75(80)58-50-42-36-35-40-48-56-70(8)11-3)66-92-96(85,86)90-62-71(78)61-89-95(83,84)91-65-72(63-87-74(79)57-49-41-34-28-29-37-45-53-67(4)5)93-77(82)60-52-44-33-27-23-22-25-31-39-47-55-69(7)10-2/h67-73,78H,9-66H2,1-8H3,(H,83,84)(H,85,86)/t68?,69?,70?,71-,72-,73-/m1/s1. The van der Waals surface area contributed by atoms with E-state index in [0.29, 0.717) is 31.6 Å². The van der Waals surface area contributed by atoms with Crippen LogP contribution in [0.25, 0.3) is 0 Å². The van der Waals surface area contributed by atoms with Crippen molar-refractivity contribution in [2.45, 2.75) is 408 Å². The number of phosphoric acid groups is 2. The Balaban J connectivity index is 5.18. The number of esters is 4. The molecule has 0 bridgehead atoms. The van der Waals surface area contributed by atoms with Crippen LogP contribution in [0.1, 0.15) is 389 Å². The Bertz CT molecular complexity index is 1890. The number of phosphoric ester groups is 2. The van der Waals surface area contributed by atoms with E-state index in [0.717, 1.165) is 120 Å². The van der Waals surface area contributed by atoms with Crippen LogP contribution in [0.3, 0.4) is 0 Å². The van der Waals surface area contributed by atoms with Crippen LogP contribution >= 0.6 is 15.6 Å². The van der Waals surface area contributed by atoms with Crippen molar-refractivity contribution >= 4 is 39.5 Å². The summed E-state index contributed by atoms with van der Waals surface area (Å²) in [5, 5.41) is 10.6. The van der Waals surface area contributed by atoms with Gasteiger partial charge in [0.2, 0.25) is 0 Å². The number of rotatable bonds is 74. The van der Waals surface area contributed by atoms with Gasteiger partial charge in [-0.05, 0) is 49.4 Å². The lowest BCUT2D eigenvalue weighted by molar-refractivity contribution is -0.161. The summed E-state index contributed by atoms with van der Waals surface area (Å²) in [6.07, 6.45) is 51.5. The van der Waals surface area contributed by atoms with Crippen molar-refractivity contribution in [3.8, 4) is 0 Å². The molecule has 570 valence electrons. The molecule has 0 aliphatic carbocycles. The fourth-order valence-electron chi connectivity index (χ4n) is 11.6. The van der Waals surface area contributed by atoms with Gasteiger partial charge >= 0.3 is 39.5 Å². The smallest absolute Gasteiger partial charge is 0.462 e. The van der Waals surface area contributed by atoms with Gasteiger partial charge in [0.1, 0.15) is 19.3 Å². The van der Waals surface area contributed by atoms with Crippen molar-refractivity contribution in [3.05, 3.63) is 0 Å². The van der Waals surface area contributed by atoms with Crippen LogP contribution < -0.4 is 0 Å². The number of hydrogen-bond acceptors (Lipinski definition) is 15. The molecule has 3 N–H and O–H groups in total. The van der Waals surface area contributed by atoms with E-state index < -0.39 is 97.5 Å². The monoisotopic (exact) mass is 1410 g/mol. The summed E-state index contributed by atoms with van der Waals surface area (Å²) in [5.74, 6) is 0.987. The zero-order chi connectivity index (χ0) is 71.0. The minimum atomic E-state index is -4.96. The number of aliphatic hydroxyl groups excluding tert-OH is 1. The van der Waals surface area contributed by atoms with Crippen LogP contribution in [0.4, 0.5) is 0 Å². The van der Waals surface area contributed by atoms with Gasteiger partial charge in [-0.15, -0.1) is 0 Å². The van der Waals surface area contributed by atoms with Gasteiger partial charge in [0.25, 0.3) is 0 Å². The summed E-state index contributed by atoms with van der Waals surface area (Å²) in [7, 11) is -9.91. The highest BCUT2D eigenvalue weighted by Crippen LogP contribution is 2.45. The minimum Gasteiger partial charge on any atom is -0.462 e. The molecule has 19 heteroatoms. The molecule has 0 radical (unpaired) electrons. The average molecular weight is 1410 g/mol. The van der Waals surface area contributed by atoms with Gasteiger partial charge in [0, 0.05) is 25.7 Å². The molecule has 0 aliphatic rings. The second-order valence-corrected chi connectivity index (χ2v) is 31.9. The highest BCUT2D eigenvalue weighted by Gasteiger charge is 2.30. The van der Waals surface area contributed by atoms with Crippen molar-refractivity contribution in [2.75, 3.05) is 39.6 Å². The van der Waals surface area contributed by atoms with Crippen LogP contribution in [0.2, 0.25) is 0 Å². The Morgan fingerprint density at radius 2 is 0.500 bits per heavy atom. The molecular weight excluding hydrogens is 1260 g/mol. The van der Waals surface area contributed by atoms with Gasteiger partial charge in [-0.2, -0.15) is 0 Å². The predicted molar refractivity (Wildman–Crippen MR) is 391 cm³/mol. The second kappa shape index (κ2) is 66.3. The van der Waals surface area contributed by atoms with Crippen LogP contribution in [0.15, 0.2) is 0 Å². The summed E-state index contributed by atoms with van der Waals surface area (Å²) in [4.78, 5) is 72.8. The molecule has 8 atom stereocenters. The summed E-state index contributed by atoms with van der Waals surface area (Å²) in [6.45, 7) is 14.2. The van der Waals surface area contributed by atoms with Gasteiger partial charge in [0.05, 0.1) is 26.4 Å².